The highest BCUT2D eigenvalue weighted by atomic mass is 32.1. The molecule has 104 valence electrons. The number of nitrogens with zero attached hydrogens (tertiary/aromatic N) is 3. The average Bonchev–Trinajstić information content (AvgIpc) is 2.95. The Morgan fingerprint density at radius 3 is 2.85 bits per heavy atom. The number of thiazole rings is 1. The Kier molecular flexibility index (Phi) is 3.54. The molecular formula is C15H17N3OS. The van der Waals surface area contributed by atoms with Crippen molar-refractivity contribution in [2.24, 2.45) is 7.05 Å². The molecule has 0 aliphatic carbocycles. The third kappa shape index (κ3) is 2.59. The maximum atomic E-state index is 10.2. The number of aliphatic hydroxyl groups excluding tert-OH is 1. The number of aliphatic hydroxyl groups is 1. The van der Waals surface area contributed by atoms with Crippen molar-refractivity contribution in [1.82, 2.24) is 14.8 Å². The van der Waals surface area contributed by atoms with Gasteiger partial charge in [0.2, 0.25) is 0 Å². The number of rotatable bonds is 4. The van der Waals surface area contributed by atoms with Crippen molar-refractivity contribution in [3.05, 3.63) is 46.0 Å². The standard InChI is InChI=1S/C15H17N3OS/c1-10-16-11(9-20-10)7-12(19)8-14-13-5-3-4-6-15(13)18(2)17-14/h3-6,9,12,19H,7-8H2,1-2H3. The highest BCUT2D eigenvalue weighted by Gasteiger charge is 2.14. The Morgan fingerprint density at radius 2 is 2.10 bits per heavy atom. The van der Waals surface area contributed by atoms with Gasteiger partial charge in [-0.1, -0.05) is 18.2 Å². The minimum absolute atomic E-state index is 0.449. The van der Waals surface area contributed by atoms with E-state index in [1.54, 1.807) is 11.3 Å². The monoisotopic (exact) mass is 287 g/mol. The highest BCUT2D eigenvalue weighted by Crippen LogP contribution is 2.20. The predicted molar refractivity (Wildman–Crippen MR) is 81.0 cm³/mol. The molecule has 0 bridgehead atoms. The van der Waals surface area contributed by atoms with Gasteiger partial charge in [0.05, 0.1) is 28.0 Å². The van der Waals surface area contributed by atoms with E-state index in [1.807, 2.05) is 42.2 Å². The van der Waals surface area contributed by atoms with Crippen LogP contribution in [0.4, 0.5) is 0 Å². The van der Waals surface area contributed by atoms with E-state index in [2.05, 4.69) is 16.1 Å². The molecule has 0 amide bonds. The molecule has 20 heavy (non-hydrogen) atoms. The van der Waals surface area contributed by atoms with E-state index in [4.69, 9.17) is 0 Å². The second-order valence-corrected chi connectivity index (χ2v) is 6.07. The van der Waals surface area contributed by atoms with Gasteiger partial charge in [0.15, 0.2) is 0 Å². The third-order valence-electron chi connectivity index (χ3n) is 3.37. The smallest absolute Gasteiger partial charge is 0.0897 e. The van der Waals surface area contributed by atoms with Gasteiger partial charge in [0, 0.05) is 30.7 Å². The molecule has 4 nitrogen and oxygen atoms in total. The zero-order valence-electron chi connectivity index (χ0n) is 11.6. The Bertz CT molecular complexity index is 732. The lowest BCUT2D eigenvalue weighted by atomic mass is 10.1. The largest absolute Gasteiger partial charge is 0.392 e. The first-order valence-corrected chi connectivity index (χ1v) is 7.51. The first-order valence-electron chi connectivity index (χ1n) is 6.63. The van der Waals surface area contributed by atoms with E-state index in [1.165, 1.54) is 0 Å². The van der Waals surface area contributed by atoms with Crippen molar-refractivity contribution in [1.29, 1.82) is 0 Å². The predicted octanol–water partition coefficient (Wildman–Crippen LogP) is 2.48. The number of aromatic nitrogens is 3. The number of fused-ring (bicyclic) bond motifs is 1. The summed E-state index contributed by atoms with van der Waals surface area (Å²) in [6, 6.07) is 8.10. The minimum Gasteiger partial charge on any atom is -0.392 e. The molecular weight excluding hydrogens is 270 g/mol. The van der Waals surface area contributed by atoms with E-state index in [9.17, 15) is 5.11 Å². The molecule has 3 aromatic rings. The number of hydrogen-bond donors (Lipinski definition) is 1. The first kappa shape index (κ1) is 13.3. The molecule has 0 spiro atoms. The Morgan fingerprint density at radius 1 is 1.30 bits per heavy atom. The Hall–Kier alpha value is -1.72. The first-order chi connectivity index (χ1) is 9.63. The van der Waals surface area contributed by atoms with Gasteiger partial charge in [-0.3, -0.25) is 4.68 Å². The molecule has 1 atom stereocenters. The lowest BCUT2D eigenvalue weighted by Gasteiger charge is -2.07. The molecule has 2 heterocycles. The van der Waals surface area contributed by atoms with Gasteiger partial charge in [-0.2, -0.15) is 5.10 Å². The minimum atomic E-state index is -0.449. The lowest BCUT2D eigenvalue weighted by molar-refractivity contribution is 0.173. The number of para-hydroxylation sites is 1. The Balaban J connectivity index is 1.79. The van der Waals surface area contributed by atoms with Crippen molar-refractivity contribution < 1.29 is 5.11 Å². The summed E-state index contributed by atoms with van der Waals surface area (Å²) in [5.74, 6) is 0. The lowest BCUT2D eigenvalue weighted by Crippen LogP contribution is -2.15. The maximum absolute atomic E-state index is 10.2. The highest BCUT2D eigenvalue weighted by molar-refractivity contribution is 7.09. The molecule has 0 saturated heterocycles. The number of aryl methyl sites for hydroxylation is 2. The van der Waals surface area contributed by atoms with Crippen LogP contribution in [-0.2, 0) is 19.9 Å². The third-order valence-corrected chi connectivity index (χ3v) is 4.20. The van der Waals surface area contributed by atoms with E-state index in [0.29, 0.717) is 12.8 Å². The van der Waals surface area contributed by atoms with E-state index in [0.717, 1.165) is 27.3 Å². The van der Waals surface area contributed by atoms with Crippen LogP contribution in [-0.4, -0.2) is 26.0 Å². The molecule has 0 fully saturated rings. The van der Waals surface area contributed by atoms with Crippen LogP contribution in [0.15, 0.2) is 29.6 Å². The summed E-state index contributed by atoms with van der Waals surface area (Å²) >= 11 is 1.62. The molecule has 1 aromatic carbocycles. The summed E-state index contributed by atoms with van der Waals surface area (Å²) in [5.41, 5.74) is 3.00. The second kappa shape index (κ2) is 5.34. The zero-order chi connectivity index (χ0) is 14.1. The molecule has 5 heteroatoms. The molecule has 0 aliphatic heterocycles. The fourth-order valence-corrected chi connectivity index (χ4v) is 3.10. The fraction of sp³-hybridized carbons (Fsp3) is 0.333. The maximum Gasteiger partial charge on any atom is 0.0897 e. The van der Waals surface area contributed by atoms with Crippen LogP contribution in [0.25, 0.3) is 10.9 Å². The van der Waals surface area contributed by atoms with Crippen molar-refractivity contribution in [2.75, 3.05) is 0 Å². The molecule has 0 saturated carbocycles. The summed E-state index contributed by atoms with van der Waals surface area (Å²) in [6.45, 7) is 1.98. The number of benzene rings is 1. The molecule has 1 unspecified atom stereocenters. The van der Waals surface area contributed by atoms with Gasteiger partial charge in [0.25, 0.3) is 0 Å². The Labute approximate surface area is 121 Å². The summed E-state index contributed by atoms with van der Waals surface area (Å²) in [5, 5.41) is 18.9. The van der Waals surface area contributed by atoms with Gasteiger partial charge in [0.1, 0.15) is 0 Å². The van der Waals surface area contributed by atoms with E-state index >= 15 is 0 Å². The van der Waals surface area contributed by atoms with Crippen LogP contribution in [0.1, 0.15) is 16.4 Å². The second-order valence-electron chi connectivity index (χ2n) is 5.01. The summed E-state index contributed by atoms with van der Waals surface area (Å²) < 4.78 is 1.87. The molecule has 0 aliphatic rings. The van der Waals surface area contributed by atoms with Gasteiger partial charge in [-0.05, 0) is 13.0 Å². The van der Waals surface area contributed by atoms with Crippen molar-refractivity contribution >= 4 is 22.2 Å². The fourth-order valence-electron chi connectivity index (χ4n) is 2.48. The van der Waals surface area contributed by atoms with Gasteiger partial charge >= 0.3 is 0 Å². The quantitative estimate of drug-likeness (QED) is 0.802. The summed E-state index contributed by atoms with van der Waals surface area (Å²) in [7, 11) is 1.93. The van der Waals surface area contributed by atoms with Crippen LogP contribution in [0.2, 0.25) is 0 Å². The average molecular weight is 287 g/mol. The van der Waals surface area contributed by atoms with Crippen molar-refractivity contribution in [3.63, 3.8) is 0 Å². The summed E-state index contributed by atoms with van der Waals surface area (Å²) in [6.07, 6.45) is 0.683. The zero-order valence-corrected chi connectivity index (χ0v) is 12.4. The van der Waals surface area contributed by atoms with Gasteiger partial charge in [-0.25, -0.2) is 4.98 Å². The topological polar surface area (TPSA) is 50.9 Å². The molecule has 1 N–H and O–H groups in total. The molecule has 0 radical (unpaired) electrons. The van der Waals surface area contributed by atoms with Crippen LogP contribution in [0.5, 0.6) is 0 Å². The van der Waals surface area contributed by atoms with Crippen LogP contribution in [0.3, 0.4) is 0 Å². The van der Waals surface area contributed by atoms with Crippen molar-refractivity contribution in [2.45, 2.75) is 25.9 Å². The SMILES string of the molecule is Cc1nc(CC(O)Cc2nn(C)c3ccccc23)cs1. The van der Waals surface area contributed by atoms with Gasteiger partial charge < -0.3 is 5.11 Å². The van der Waals surface area contributed by atoms with Crippen molar-refractivity contribution in [3.8, 4) is 0 Å². The number of hydrogen-bond acceptors (Lipinski definition) is 4. The van der Waals surface area contributed by atoms with E-state index in [-0.39, 0.29) is 0 Å². The molecule has 2 aromatic heterocycles. The van der Waals surface area contributed by atoms with Crippen LogP contribution >= 0.6 is 11.3 Å². The summed E-state index contributed by atoms with van der Waals surface area (Å²) in [4.78, 5) is 4.39. The molecule has 3 rings (SSSR count). The normalized spacial score (nSPS) is 12.9. The van der Waals surface area contributed by atoms with Gasteiger partial charge in [-0.15, -0.1) is 11.3 Å². The van der Waals surface area contributed by atoms with E-state index < -0.39 is 6.10 Å². The van der Waals surface area contributed by atoms with Crippen LogP contribution in [0, 0.1) is 6.92 Å². The van der Waals surface area contributed by atoms with Crippen LogP contribution < -0.4 is 0 Å².